The van der Waals surface area contributed by atoms with Gasteiger partial charge in [-0.1, -0.05) is 17.7 Å². The summed E-state index contributed by atoms with van der Waals surface area (Å²) < 4.78 is 11.0. The van der Waals surface area contributed by atoms with E-state index in [9.17, 15) is 15.2 Å². The molecular weight excluding hydrogens is 544 g/mol. The first-order chi connectivity index (χ1) is 19.6. The third kappa shape index (κ3) is 8.52. The minimum Gasteiger partial charge on any atom is -0.479 e. The van der Waals surface area contributed by atoms with E-state index in [1.54, 1.807) is 20.0 Å². The van der Waals surface area contributed by atoms with Gasteiger partial charge in [-0.05, 0) is 77.5 Å². The van der Waals surface area contributed by atoms with Crippen LogP contribution < -0.4 is 16.0 Å². The van der Waals surface area contributed by atoms with Crippen molar-refractivity contribution in [2.75, 3.05) is 37.0 Å². The van der Waals surface area contributed by atoms with Gasteiger partial charge in [0.2, 0.25) is 0 Å². The zero-order valence-corrected chi connectivity index (χ0v) is 24.8. The minimum atomic E-state index is -1.19. The average Bonchev–Trinajstić information content (AvgIpc) is 2.97. The normalized spacial score (nSPS) is 21.4. The number of ether oxygens (including phenoxy) is 2. The van der Waals surface area contributed by atoms with Crippen LogP contribution in [-0.2, 0) is 14.3 Å². The molecule has 1 saturated carbocycles. The van der Waals surface area contributed by atoms with Gasteiger partial charge in [0.05, 0.1) is 28.8 Å². The Balaban J connectivity index is 1.30. The summed E-state index contributed by atoms with van der Waals surface area (Å²) in [5.41, 5.74) is -0.111. The van der Waals surface area contributed by atoms with Crippen molar-refractivity contribution in [1.82, 2.24) is 15.3 Å². The topological polar surface area (TPSA) is 141 Å². The third-order valence-corrected chi connectivity index (χ3v) is 8.29. The van der Waals surface area contributed by atoms with E-state index >= 15 is 0 Å². The van der Waals surface area contributed by atoms with Gasteiger partial charge >= 0.3 is 5.97 Å². The molecule has 3 heterocycles. The molecule has 11 heteroatoms. The maximum atomic E-state index is 11.3. The third-order valence-electron chi connectivity index (χ3n) is 7.98. The number of hydrogen-bond acceptors (Lipinski definition) is 9. The predicted octanol–water partition coefficient (Wildman–Crippen LogP) is 5.11. The van der Waals surface area contributed by atoms with E-state index < -0.39 is 17.0 Å². The van der Waals surface area contributed by atoms with Gasteiger partial charge in [-0.25, -0.2) is 14.8 Å². The number of nitriles is 1. The van der Waals surface area contributed by atoms with Crippen molar-refractivity contribution in [1.29, 1.82) is 5.26 Å². The monoisotopic (exact) mass is 584 g/mol. The van der Waals surface area contributed by atoms with Crippen molar-refractivity contribution in [2.45, 2.75) is 83.0 Å². The molecule has 0 spiro atoms. The van der Waals surface area contributed by atoms with Gasteiger partial charge in [0.15, 0.2) is 5.60 Å². The number of carbonyl (C=O) groups is 1. The van der Waals surface area contributed by atoms with Crippen molar-refractivity contribution in [3.05, 3.63) is 35.5 Å². The molecule has 2 aromatic rings. The maximum Gasteiger partial charge on any atom is 0.335 e. The molecule has 0 amide bonds. The van der Waals surface area contributed by atoms with E-state index in [4.69, 9.17) is 26.1 Å². The Morgan fingerprint density at radius 2 is 1.95 bits per heavy atom. The van der Waals surface area contributed by atoms with Crippen LogP contribution in [0.25, 0.3) is 11.3 Å². The number of pyridine rings is 2. The fourth-order valence-electron chi connectivity index (χ4n) is 5.21. The molecule has 1 atom stereocenters. The van der Waals surface area contributed by atoms with Gasteiger partial charge in [0.25, 0.3) is 0 Å². The molecule has 0 unspecified atom stereocenters. The van der Waals surface area contributed by atoms with Crippen LogP contribution in [0.1, 0.15) is 59.3 Å². The highest BCUT2D eigenvalue weighted by Gasteiger charge is 2.33. The SMILES string of the molecule is C[C@H](COC(C)(C)C(=O)O)N[C@H]1CC[C@H](Nc2cc(-c3cccc(NCC4(C#N)CCOCC4)n3)c(Cl)cn2)CC1. The average molecular weight is 585 g/mol. The molecule has 1 saturated heterocycles. The maximum absolute atomic E-state index is 11.3. The Kier molecular flexibility index (Phi) is 10.4. The summed E-state index contributed by atoms with van der Waals surface area (Å²) in [4.78, 5) is 20.6. The lowest BCUT2D eigenvalue weighted by atomic mass is 9.82. The molecule has 4 rings (SSSR count). The number of carboxylic acids is 1. The molecular formula is C30H41ClN6O4. The van der Waals surface area contributed by atoms with E-state index in [0.29, 0.717) is 56.1 Å². The van der Waals surface area contributed by atoms with Crippen molar-refractivity contribution >= 4 is 29.2 Å². The minimum absolute atomic E-state index is 0.0588. The van der Waals surface area contributed by atoms with Gasteiger partial charge in [-0.2, -0.15) is 5.26 Å². The Bertz CT molecular complexity index is 1220. The summed E-state index contributed by atoms with van der Waals surface area (Å²) in [6, 6.07) is 10.9. The standard InChI is InChI=1S/C30H41ClN6O4/c1-20(17-41-29(2,3)28(38)39)35-21-7-9-22(10-8-21)36-27-15-23(24(31)16-33-27)25-5-4-6-26(37-25)34-19-30(18-32)11-13-40-14-12-30/h4-6,15-16,20-22,35H,7-14,17,19H2,1-3H3,(H,33,36)(H,34,37)(H,38,39)/t20-,21-,22-/m1/s1. The Morgan fingerprint density at radius 1 is 1.24 bits per heavy atom. The predicted molar refractivity (Wildman–Crippen MR) is 159 cm³/mol. The second-order valence-corrected chi connectivity index (χ2v) is 12.1. The number of rotatable bonds is 12. The van der Waals surface area contributed by atoms with Crippen LogP contribution in [0.2, 0.25) is 5.02 Å². The number of anilines is 2. The van der Waals surface area contributed by atoms with E-state index in [2.05, 4.69) is 27.0 Å². The van der Waals surface area contributed by atoms with E-state index in [1.165, 1.54) is 0 Å². The van der Waals surface area contributed by atoms with Crippen LogP contribution in [0.5, 0.6) is 0 Å². The lowest BCUT2D eigenvalue weighted by Gasteiger charge is -2.32. The fourth-order valence-corrected chi connectivity index (χ4v) is 5.41. The van der Waals surface area contributed by atoms with Crippen LogP contribution in [0.3, 0.4) is 0 Å². The van der Waals surface area contributed by atoms with E-state index in [1.807, 2.05) is 31.2 Å². The van der Waals surface area contributed by atoms with Crippen LogP contribution in [0.4, 0.5) is 11.6 Å². The van der Waals surface area contributed by atoms with Crippen LogP contribution in [0, 0.1) is 16.7 Å². The first-order valence-electron chi connectivity index (χ1n) is 14.3. The highest BCUT2D eigenvalue weighted by atomic mass is 35.5. The molecule has 1 aliphatic heterocycles. The molecule has 4 N–H and O–H groups in total. The summed E-state index contributed by atoms with van der Waals surface area (Å²) >= 11 is 6.55. The number of hydrogen-bond donors (Lipinski definition) is 4. The number of aromatic nitrogens is 2. The molecule has 2 aliphatic rings. The second-order valence-electron chi connectivity index (χ2n) is 11.7. The first kappa shape index (κ1) is 31.0. The number of halogens is 1. The molecule has 10 nitrogen and oxygen atoms in total. The highest BCUT2D eigenvalue weighted by molar-refractivity contribution is 6.33. The number of nitrogens with zero attached hydrogens (tertiary/aromatic N) is 3. The molecule has 0 aromatic carbocycles. The van der Waals surface area contributed by atoms with Crippen molar-refractivity contribution in [2.24, 2.45) is 5.41 Å². The van der Waals surface area contributed by atoms with Crippen molar-refractivity contribution < 1.29 is 19.4 Å². The van der Waals surface area contributed by atoms with Gasteiger partial charge in [0.1, 0.15) is 11.6 Å². The summed E-state index contributed by atoms with van der Waals surface area (Å²) in [6.45, 7) is 7.22. The number of carboxylic acid groups (broad SMARTS) is 1. The van der Waals surface area contributed by atoms with E-state index in [-0.39, 0.29) is 12.1 Å². The number of aliphatic carboxylic acids is 1. The molecule has 1 aliphatic carbocycles. The second kappa shape index (κ2) is 13.8. The molecule has 2 aromatic heterocycles. The summed E-state index contributed by atoms with van der Waals surface area (Å²) in [5.74, 6) is 0.488. The molecule has 0 bridgehead atoms. The molecule has 2 fully saturated rings. The summed E-state index contributed by atoms with van der Waals surface area (Å²) in [5, 5.41) is 30.0. The largest absolute Gasteiger partial charge is 0.479 e. The van der Waals surface area contributed by atoms with Crippen molar-refractivity contribution in [3.63, 3.8) is 0 Å². The van der Waals surface area contributed by atoms with Crippen LogP contribution >= 0.6 is 11.6 Å². The van der Waals surface area contributed by atoms with Gasteiger partial charge in [-0.3, -0.25) is 0 Å². The smallest absolute Gasteiger partial charge is 0.335 e. The molecule has 41 heavy (non-hydrogen) atoms. The Morgan fingerprint density at radius 3 is 2.63 bits per heavy atom. The van der Waals surface area contributed by atoms with Gasteiger partial charge in [0, 0.05) is 49.6 Å². The van der Waals surface area contributed by atoms with E-state index in [0.717, 1.165) is 42.8 Å². The Labute approximate surface area is 247 Å². The lowest BCUT2D eigenvalue weighted by Crippen LogP contribution is -2.45. The Hall–Kier alpha value is -2.97. The summed E-state index contributed by atoms with van der Waals surface area (Å²) in [7, 11) is 0. The fraction of sp³-hybridized carbons (Fsp3) is 0.600. The molecule has 0 radical (unpaired) electrons. The zero-order chi connectivity index (χ0) is 29.5. The van der Waals surface area contributed by atoms with Crippen LogP contribution in [-0.4, -0.2) is 71.1 Å². The highest BCUT2D eigenvalue weighted by Crippen LogP contribution is 2.32. The van der Waals surface area contributed by atoms with Crippen LogP contribution in [0.15, 0.2) is 30.5 Å². The quantitative estimate of drug-likeness (QED) is 0.266. The summed E-state index contributed by atoms with van der Waals surface area (Å²) in [6.07, 6.45) is 7.02. The molecule has 222 valence electrons. The van der Waals surface area contributed by atoms with Crippen molar-refractivity contribution in [3.8, 4) is 17.3 Å². The van der Waals surface area contributed by atoms with Gasteiger partial charge in [-0.15, -0.1) is 0 Å². The number of nitrogens with one attached hydrogen (secondary N) is 3. The van der Waals surface area contributed by atoms with Gasteiger partial charge < -0.3 is 30.5 Å². The first-order valence-corrected chi connectivity index (χ1v) is 14.7. The lowest BCUT2D eigenvalue weighted by molar-refractivity contribution is -0.161. The zero-order valence-electron chi connectivity index (χ0n) is 24.1.